The molecule has 0 aliphatic heterocycles. The van der Waals surface area contributed by atoms with E-state index >= 15 is 0 Å². The number of nitrogens with two attached hydrogens (primary N) is 1. The summed E-state index contributed by atoms with van der Waals surface area (Å²) in [5.41, 5.74) is 6.12. The fourth-order valence-electron chi connectivity index (χ4n) is 1.47. The first kappa shape index (κ1) is 15.5. The smallest absolute Gasteiger partial charge is 0.232 e. The highest BCUT2D eigenvalue weighted by atomic mass is 32.2. The minimum atomic E-state index is -3.43. The molecule has 0 radical (unpaired) electrons. The summed E-state index contributed by atoms with van der Waals surface area (Å²) in [7, 11) is -3.43. The lowest BCUT2D eigenvalue weighted by Crippen LogP contribution is -2.23. The Hall–Kier alpha value is -1.56. The van der Waals surface area contributed by atoms with Crippen molar-refractivity contribution in [2.24, 2.45) is 11.1 Å². The molecule has 1 aromatic rings. The van der Waals surface area contributed by atoms with E-state index in [0.717, 1.165) is 0 Å². The Morgan fingerprint density at radius 3 is 2.42 bits per heavy atom. The van der Waals surface area contributed by atoms with Gasteiger partial charge in [0.05, 0.1) is 11.4 Å². The van der Waals surface area contributed by atoms with Crippen molar-refractivity contribution >= 4 is 21.5 Å². The van der Waals surface area contributed by atoms with Gasteiger partial charge in [0.1, 0.15) is 5.84 Å². The molecule has 0 unspecified atom stereocenters. The maximum Gasteiger partial charge on any atom is 0.232 e. The molecule has 106 valence electrons. The van der Waals surface area contributed by atoms with E-state index in [0.29, 0.717) is 17.7 Å². The van der Waals surface area contributed by atoms with E-state index in [4.69, 9.17) is 11.1 Å². The molecule has 0 saturated heterocycles. The number of amidine groups is 1. The van der Waals surface area contributed by atoms with Crippen LogP contribution in [-0.4, -0.2) is 20.0 Å². The second-order valence-electron chi connectivity index (χ2n) is 5.69. The van der Waals surface area contributed by atoms with Crippen molar-refractivity contribution in [1.82, 2.24) is 0 Å². The second kappa shape index (κ2) is 5.61. The third kappa shape index (κ3) is 5.30. The van der Waals surface area contributed by atoms with Crippen LogP contribution in [0.3, 0.4) is 0 Å². The highest BCUT2D eigenvalue weighted by Crippen LogP contribution is 2.21. The zero-order valence-corrected chi connectivity index (χ0v) is 12.3. The zero-order valence-electron chi connectivity index (χ0n) is 11.5. The third-order valence-corrected chi connectivity index (χ3v) is 3.88. The lowest BCUT2D eigenvalue weighted by atomic mass is 9.94. The average molecular weight is 283 g/mol. The summed E-state index contributed by atoms with van der Waals surface area (Å²) < 4.78 is 26.5. The second-order valence-corrected chi connectivity index (χ2v) is 7.53. The summed E-state index contributed by atoms with van der Waals surface area (Å²) >= 11 is 0. The van der Waals surface area contributed by atoms with Crippen LogP contribution in [0.2, 0.25) is 0 Å². The molecule has 0 spiro atoms. The van der Waals surface area contributed by atoms with Crippen molar-refractivity contribution in [3.63, 3.8) is 0 Å². The number of hydrogen-bond acceptors (Lipinski definition) is 3. The molecular formula is C13H21N3O2S. The van der Waals surface area contributed by atoms with Crippen molar-refractivity contribution in [1.29, 1.82) is 5.41 Å². The predicted molar refractivity (Wildman–Crippen MR) is 78.9 cm³/mol. The standard InChI is InChI=1S/C13H21N3O2S/c1-13(2,3)8-9-19(17,18)16-11-7-5-4-6-10(11)12(14)15/h4-7,16H,8-9H2,1-3H3,(H3,14,15). The summed E-state index contributed by atoms with van der Waals surface area (Å²) in [5.74, 6) is -0.114. The fraction of sp³-hybridized carbons (Fsp3) is 0.462. The normalized spacial score (nSPS) is 12.2. The van der Waals surface area contributed by atoms with Gasteiger partial charge < -0.3 is 5.73 Å². The van der Waals surface area contributed by atoms with Crippen LogP contribution in [0.15, 0.2) is 24.3 Å². The predicted octanol–water partition coefficient (Wildman–Crippen LogP) is 2.15. The van der Waals surface area contributed by atoms with Gasteiger partial charge >= 0.3 is 0 Å². The lowest BCUT2D eigenvalue weighted by molar-refractivity contribution is 0.397. The monoisotopic (exact) mass is 283 g/mol. The van der Waals surface area contributed by atoms with Gasteiger partial charge in [-0.3, -0.25) is 10.1 Å². The Balaban J connectivity index is 2.87. The van der Waals surface area contributed by atoms with E-state index in [-0.39, 0.29) is 17.0 Å². The van der Waals surface area contributed by atoms with Crippen LogP contribution in [0.5, 0.6) is 0 Å². The molecule has 0 heterocycles. The first-order chi connectivity index (χ1) is 8.61. The Morgan fingerprint density at radius 1 is 1.32 bits per heavy atom. The molecule has 0 saturated carbocycles. The molecule has 0 bridgehead atoms. The highest BCUT2D eigenvalue weighted by molar-refractivity contribution is 7.92. The van der Waals surface area contributed by atoms with E-state index in [1.807, 2.05) is 20.8 Å². The van der Waals surface area contributed by atoms with Crippen molar-refractivity contribution in [3.05, 3.63) is 29.8 Å². The Bertz CT molecular complexity index is 559. The molecule has 5 nitrogen and oxygen atoms in total. The molecular weight excluding hydrogens is 262 g/mol. The van der Waals surface area contributed by atoms with Crippen LogP contribution in [0, 0.1) is 10.8 Å². The number of nitrogen functional groups attached to an aromatic ring is 1. The summed E-state index contributed by atoms with van der Waals surface area (Å²) in [6.45, 7) is 5.98. The van der Waals surface area contributed by atoms with Gasteiger partial charge in [-0.25, -0.2) is 8.42 Å². The number of hydrogen-bond donors (Lipinski definition) is 3. The van der Waals surface area contributed by atoms with Gasteiger partial charge in [-0.05, 0) is 24.0 Å². The number of benzene rings is 1. The van der Waals surface area contributed by atoms with E-state index in [2.05, 4.69) is 4.72 Å². The fourth-order valence-corrected chi connectivity index (χ4v) is 2.96. The van der Waals surface area contributed by atoms with Crippen LogP contribution in [0.1, 0.15) is 32.8 Å². The minimum Gasteiger partial charge on any atom is -0.384 e. The summed E-state index contributed by atoms with van der Waals surface area (Å²) in [6.07, 6.45) is 0.560. The van der Waals surface area contributed by atoms with Crippen LogP contribution < -0.4 is 10.5 Å². The SMILES string of the molecule is CC(C)(C)CCS(=O)(=O)Nc1ccccc1C(=N)N. The van der Waals surface area contributed by atoms with Gasteiger partial charge in [0, 0.05) is 5.56 Å². The average Bonchev–Trinajstić information content (AvgIpc) is 2.26. The highest BCUT2D eigenvalue weighted by Gasteiger charge is 2.18. The van der Waals surface area contributed by atoms with Crippen LogP contribution in [0.4, 0.5) is 5.69 Å². The third-order valence-electron chi connectivity index (χ3n) is 2.60. The summed E-state index contributed by atoms with van der Waals surface area (Å²) in [4.78, 5) is 0. The molecule has 0 aromatic heterocycles. The quantitative estimate of drug-likeness (QED) is 0.570. The van der Waals surface area contributed by atoms with E-state index in [9.17, 15) is 8.42 Å². The van der Waals surface area contributed by atoms with Crippen molar-refractivity contribution in [3.8, 4) is 0 Å². The maximum atomic E-state index is 12.0. The molecule has 0 aliphatic carbocycles. The van der Waals surface area contributed by atoms with E-state index in [1.165, 1.54) is 0 Å². The van der Waals surface area contributed by atoms with Gasteiger partial charge in [-0.1, -0.05) is 32.9 Å². The molecule has 0 amide bonds. The molecule has 1 rings (SSSR count). The number of sulfonamides is 1. The van der Waals surface area contributed by atoms with Crippen LogP contribution in [-0.2, 0) is 10.0 Å². The Morgan fingerprint density at radius 2 is 1.89 bits per heavy atom. The van der Waals surface area contributed by atoms with Gasteiger partial charge in [0.25, 0.3) is 0 Å². The largest absolute Gasteiger partial charge is 0.384 e. The van der Waals surface area contributed by atoms with Crippen LogP contribution >= 0.6 is 0 Å². The zero-order chi connectivity index (χ0) is 14.7. The Kier molecular flexibility index (Phi) is 4.57. The molecule has 4 N–H and O–H groups in total. The van der Waals surface area contributed by atoms with Gasteiger partial charge in [0.15, 0.2) is 0 Å². The molecule has 0 aliphatic rings. The minimum absolute atomic E-state index is 0.0444. The topological polar surface area (TPSA) is 96.0 Å². The molecule has 19 heavy (non-hydrogen) atoms. The van der Waals surface area contributed by atoms with E-state index < -0.39 is 10.0 Å². The van der Waals surface area contributed by atoms with Gasteiger partial charge in [-0.15, -0.1) is 0 Å². The first-order valence-corrected chi connectivity index (χ1v) is 7.70. The maximum absolute atomic E-state index is 12.0. The molecule has 1 aromatic carbocycles. The van der Waals surface area contributed by atoms with Crippen molar-refractivity contribution < 1.29 is 8.42 Å². The summed E-state index contributed by atoms with van der Waals surface area (Å²) in [6, 6.07) is 6.63. The number of para-hydroxylation sites is 1. The number of nitrogens with one attached hydrogen (secondary N) is 2. The summed E-state index contributed by atoms with van der Waals surface area (Å²) in [5, 5.41) is 7.43. The van der Waals surface area contributed by atoms with Crippen molar-refractivity contribution in [2.75, 3.05) is 10.5 Å². The lowest BCUT2D eigenvalue weighted by Gasteiger charge is -2.18. The van der Waals surface area contributed by atoms with Gasteiger partial charge in [-0.2, -0.15) is 0 Å². The number of rotatable bonds is 5. The first-order valence-electron chi connectivity index (χ1n) is 6.05. The molecule has 0 fully saturated rings. The molecule has 6 heteroatoms. The molecule has 0 atom stereocenters. The van der Waals surface area contributed by atoms with Crippen LogP contribution in [0.25, 0.3) is 0 Å². The van der Waals surface area contributed by atoms with E-state index in [1.54, 1.807) is 24.3 Å². The van der Waals surface area contributed by atoms with Crippen molar-refractivity contribution in [2.45, 2.75) is 27.2 Å². The van der Waals surface area contributed by atoms with Gasteiger partial charge in [0.2, 0.25) is 10.0 Å². The Labute approximate surface area is 114 Å². The number of anilines is 1.